The summed E-state index contributed by atoms with van der Waals surface area (Å²) in [7, 11) is 0. The summed E-state index contributed by atoms with van der Waals surface area (Å²) in [6.07, 6.45) is 0. The molecule has 0 atom stereocenters. The minimum atomic E-state index is -0.105. The molecule has 2 aromatic heterocycles. The second-order valence-corrected chi connectivity index (χ2v) is 10.6. The maximum atomic E-state index is 12.1. The van der Waals surface area contributed by atoms with Crippen molar-refractivity contribution < 1.29 is 29.7 Å². The topological polar surface area (TPSA) is 97.7 Å². The first-order valence-corrected chi connectivity index (χ1v) is 14.8. The minimum Gasteiger partial charge on any atom is -0.871 e. The molecule has 7 heteroatoms. The smallest absolute Gasteiger partial charge is 0.871 e. The fourth-order valence-corrected chi connectivity index (χ4v) is 5.29. The van der Waals surface area contributed by atoms with Gasteiger partial charge in [0.1, 0.15) is 0 Å². The van der Waals surface area contributed by atoms with Gasteiger partial charge in [0.2, 0.25) is 0 Å². The maximum absolute atomic E-state index is 12.1. The Hall–Kier alpha value is -5.78. The molecule has 0 saturated heterocycles. The Kier molecular flexibility index (Phi) is 9.37. The molecule has 0 unspecified atom stereocenters. The Bertz CT molecular complexity index is 2100. The van der Waals surface area contributed by atoms with E-state index in [9.17, 15) is 10.2 Å². The number of hydrogen-bond acceptors (Lipinski definition) is 6. The first kappa shape index (κ1) is 31.2. The van der Waals surface area contributed by atoms with Gasteiger partial charge in [-0.15, -0.1) is 0 Å². The van der Waals surface area contributed by atoms with Gasteiger partial charge < -0.3 is 10.2 Å². The van der Waals surface area contributed by atoms with E-state index in [1.165, 1.54) is 12.1 Å². The maximum Gasteiger partial charge on any atom is 2.00 e. The largest absolute Gasteiger partial charge is 2.00 e. The van der Waals surface area contributed by atoms with Crippen molar-refractivity contribution >= 4 is 22.1 Å². The van der Waals surface area contributed by atoms with Gasteiger partial charge in [-0.25, -0.2) is 19.9 Å². The molecule has 0 saturated carbocycles. The van der Waals surface area contributed by atoms with E-state index in [4.69, 9.17) is 9.97 Å². The van der Waals surface area contributed by atoms with Crippen LogP contribution in [-0.2, 0) is 19.5 Å². The number of rotatable bonds is 4. The molecular weight excluding hydrogens is 634 g/mol. The molecule has 0 radical (unpaired) electrons. The Morgan fingerprint density at radius 1 is 0.298 bits per heavy atom. The summed E-state index contributed by atoms with van der Waals surface area (Å²) in [5, 5.41) is 24.2. The predicted octanol–water partition coefficient (Wildman–Crippen LogP) is 8.07. The Morgan fingerprint density at radius 2 is 0.574 bits per heavy atom. The predicted molar refractivity (Wildman–Crippen MR) is 180 cm³/mol. The van der Waals surface area contributed by atoms with E-state index in [0.29, 0.717) is 22.1 Å². The second-order valence-electron chi connectivity index (χ2n) is 10.6. The van der Waals surface area contributed by atoms with Crippen molar-refractivity contribution in [3.8, 4) is 56.5 Å². The standard InChI is InChI=1S/2C20H14N2O.Zn/c2*23-17-13-7-12-16-20(17)22-19(15-10-5-2-6-11-15)18(21-16)14-8-3-1-4-9-14;/h2*1-13,23H;/q;;+2/p-2. The van der Waals surface area contributed by atoms with Gasteiger partial charge in [0.05, 0.1) is 44.8 Å². The molecule has 0 aliphatic carbocycles. The number of fused-ring (bicyclic) bond motifs is 2. The molecule has 6 nitrogen and oxygen atoms in total. The van der Waals surface area contributed by atoms with Crippen molar-refractivity contribution in [1.82, 2.24) is 19.9 Å². The first-order valence-electron chi connectivity index (χ1n) is 14.8. The van der Waals surface area contributed by atoms with E-state index < -0.39 is 0 Å². The molecule has 2 heterocycles. The summed E-state index contributed by atoms with van der Waals surface area (Å²) in [5.41, 5.74) is 8.95. The molecule has 0 bridgehead atoms. The molecule has 8 rings (SSSR count). The summed E-state index contributed by atoms with van der Waals surface area (Å²) < 4.78 is 0. The fraction of sp³-hybridized carbons (Fsp3) is 0. The molecule has 0 aliphatic rings. The Morgan fingerprint density at radius 3 is 0.872 bits per heavy atom. The molecule has 6 aromatic carbocycles. The van der Waals surface area contributed by atoms with Crippen molar-refractivity contribution in [2.75, 3.05) is 0 Å². The van der Waals surface area contributed by atoms with Crippen molar-refractivity contribution in [2.24, 2.45) is 0 Å². The van der Waals surface area contributed by atoms with E-state index in [1.807, 2.05) is 133 Å². The SMILES string of the molecule is [O-]c1cccc2nc(-c3ccccc3)c(-c3ccccc3)nc12.[O-]c1cccc2nc(-c3ccccc3)c(-c3ccccc3)nc12.[Zn+2]. The Balaban J connectivity index is 0.000000161. The summed E-state index contributed by atoms with van der Waals surface area (Å²) in [6, 6.07) is 49.6. The number of aromatic nitrogens is 4. The fourth-order valence-electron chi connectivity index (χ4n) is 5.29. The zero-order valence-electron chi connectivity index (χ0n) is 25.3. The van der Waals surface area contributed by atoms with Crippen LogP contribution < -0.4 is 10.2 Å². The minimum absolute atomic E-state index is 0. The molecule has 0 fully saturated rings. The van der Waals surface area contributed by atoms with E-state index in [2.05, 4.69) is 9.97 Å². The van der Waals surface area contributed by atoms with Crippen LogP contribution in [0.1, 0.15) is 0 Å². The van der Waals surface area contributed by atoms with Crippen LogP contribution in [0, 0.1) is 0 Å². The molecular formula is C40H26N4O2Zn. The average molecular weight is 660 g/mol. The van der Waals surface area contributed by atoms with Crippen molar-refractivity contribution in [3.63, 3.8) is 0 Å². The van der Waals surface area contributed by atoms with Crippen molar-refractivity contribution in [3.05, 3.63) is 158 Å². The normalized spacial score (nSPS) is 10.6. The van der Waals surface area contributed by atoms with Gasteiger partial charge in [-0.2, -0.15) is 0 Å². The monoisotopic (exact) mass is 658 g/mol. The molecule has 0 amide bonds. The molecule has 8 aromatic rings. The van der Waals surface area contributed by atoms with Gasteiger partial charge in [0.25, 0.3) is 0 Å². The first-order chi connectivity index (χ1) is 22.7. The summed E-state index contributed by atoms with van der Waals surface area (Å²) >= 11 is 0. The molecule has 0 spiro atoms. The van der Waals surface area contributed by atoms with Crippen molar-refractivity contribution in [2.45, 2.75) is 0 Å². The van der Waals surface area contributed by atoms with Gasteiger partial charge in [-0.05, 0) is 12.1 Å². The van der Waals surface area contributed by atoms with Crippen LogP contribution in [0.2, 0.25) is 0 Å². The molecule has 0 aliphatic heterocycles. The van der Waals surface area contributed by atoms with Gasteiger partial charge >= 0.3 is 19.5 Å². The van der Waals surface area contributed by atoms with Gasteiger partial charge in [0.15, 0.2) is 0 Å². The average Bonchev–Trinajstić information content (AvgIpc) is 3.13. The second kappa shape index (κ2) is 14.1. The van der Waals surface area contributed by atoms with Gasteiger partial charge in [-0.1, -0.05) is 157 Å². The summed E-state index contributed by atoms with van der Waals surface area (Å²) in [6.45, 7) is 0. The number of nitrogens with zero attached hydrogens (tertiary/aromatic N) is 4. The zero-order valence-corrected chi connectivity index (χ0v) is 28.3. The van der Waals surface area contributed by atoms with E-state index in [1.54, 1.807) is 12.1 Å². The van der Waals surface area contributed by atoms with Crippen LogP contribution >= 0.6 is 0 Å². The molecule has 220 valence electrons. The summed E-state index contributed by atoms with van der Waals surface area (Å²) in [5.74, 6) is -0.210. The molecule has 47 heavy (non-hydrogen) atoms. The number of hydrogen-bond donors (Lipinski definition) is 0. The van der Waals surface area contributed by atoms with E-state index in [-0.39, 0.29) is 31.0 Å². The van der Waals surface area contributed by atoms with Gasteiger partial charge in [-0.3, -0.25) is 0 Å². The summed E-state index contributed by atoms with van der Waals surface area (Å²) in [4.78, 5) is 18.7. The number of para-hydroxylation sites is 2. The Labute approximate surface area is 284 Å². The van der Waals surface area contributed by atoms with Crippen LogP contribution in [0.4, 0.5) is 0 Å². The third kappa shape index (κ3) is 6.62. The van der Waals surface area contributed by atoms with Gasteiger partial charge in [0, 0.05) is 22.3 Å². The van der Waals surface area contributed by atoms with Crippen LogP contribution in [-0.4, -0.2) is 19.9 Å². The van der Waals surface area contributed by atoms with E-state index >= 15 is 0 Å². The quantitative estimate of drug-likeness (QED) is 0.177. The third-order valence-electron chi connectivity index (χ3n) is 7.50. The van der Waals surface area contributed by atoms with E-state index in [0.717, 1.165) is 45.0 Å². The zero-order chi connectivity index (χ0) is 31.3. The van der Waals surface area contributed by atoms with Crippen LogP contribution in [0.25, 0.3) is 67.1 Å². The number of benzene rings is 6. The van der Waals surface area contributed by atoms with Crippen LogP contribution in [0.3, 0.4) is 0 Å². The van der Waals surface area contributed by atoms with Crippen LogP contribution in [0.5, 0.6) is 11.5 Å². The molecule has 0 N–H and O–H groups in total. The van der Waals surface area contributed by atoms with Crippen LogP contribution in [0.15, 0.2) is 158 Å². The third-order valence-corrected chi connectivity index (χ3v) is 7.50. The van der Waals surface area contributed by atoms with Crippen molar-refractivity contribution in [1.29, 1.82) is 0 Å².